The second kappa shape index (κ2) is 4.41. The lowest BCUT2D eigenvalue weighted by Gasteiger charge is -2.15. The molecule has 86 valence electrons. The second-order valence-corrected chi connectivity index (χ2v) is 4.74. The van der Waals surface area contributed by atoms with Crippen LogP contribution in [0.25, 0.3) is 0 Å². The van der Waals surface area contributed by atoms with E-state index in [9.17, 15) is 4.79 Å². The zero-order valence-corrected chi connectivity index (χ0v) is 10.8. The van der Waals surface area contributed by atoms with E-state index >= 15 is 0 Å². The number of hydrogen-bond donors (Lipinski definition) is 0. The van der Waals surface area contributed by atoms with E-state index in [1.54, 1.807) is 26.4 Å². The largest absolute Gasteiger partial charge is 0.489 e. The maximum absolute atomic E-state index is 12.0. The Kier molecular flexibility index (Phi) is 3.14. The maximum atomic E-state index is 12.0. The fourth-order valence-electron chi connectivity index (χ4n) is 1.30. The summed E-state index contributed by atoms with van der Waals surface area (Å²) >= 11 is 3.29. The van der Waals surface area contributed by atoms with E-state index in [4.69, 9.17) is 4.74 Å². The molecule has 4 nitrogen and oxygen atoms in total. The molecule has 2 rings (SSSR count). The topological polar surface area (TPSA) is 42.4 Å². The third kappa shape index (κ3) is 2.35. The highest BCUT2D eigenvalue weighted by atomic mass is 79.9. The number of hydrogen-bond acceptors (Lipinski definition) is 3. The number of nitrogens with zero attached hydrogens (tertiary/aromatic N) is 2. The van der Waals surface area contributed by atoms with Crippen LogP contribution in [-0.2, 0) is 0 Å². The number of pyridine rings is 1. The van der Waals surface area contributed by atoms with Gasteiger partial charge in [-0.15, -0.1) is 0 Å². The van der Waals surface area contributed by atoms with E-state index < -0.39 is 0 Å². The van der Waals surface area contributed by atoms with Crippen molar-refractivity contribution in [3.63, 3.8) is 0 Å². The molecule has 0 saturated heterocycles. The van der Waals surface area contributed by atoms with Gasteiger partial charge < -0.3 is 9.64 Å². The van der Waals surface area contributed by atoms with Crippen LogP contribution in [0.2, 0.25) is 0 Å². The monoisotopic (exact) mass is 284 g/mol. The fourth-order valence-corrected chi connectivity index (χ4v) is 1.78. The highest BCUT2D eigenvalue weighted by Crippen LogP contribution is 2.32. The van der Waals surface area contributed by atoms with Gasteiger partial charge in [-0.1, -0.05) is 0 Å². The molecule has 1 heterocycles. The van der Waals surface area contributed by atoms with Crippen LogP contribution >= 0.6 is 15.9 Å². The molecule has 0 radical (unpaired) electrons. The molecule has 1 amide bonds. The van der Waals surface area contributed by atoms with E-state index in [0.29, 0.717) is 15.9 Å². The summed E-state index contributed by atoms with van der Waals surface area (Å²) in [5.41, 5.74) is 0.499. The first-order valence-corrected chi connectivity index (χ1v) is 5.91. The summed E-state index contributed by atoms with van der Waals surface area (Å²) in [6.45, 7) is 0. The third-order valence-electron chi connectivity index (χ3n) is 2.30. The van der Waals surface area contributed by atoms with Crippen molar-refractivity contribution in [2.75, 3.05) is 14.1 Å². The minimum atomic E-state index is -0.101. The Morgan fingerprint density at radius 2 is 2.25 bits per heavy atom. The summed E-state index contributed by atoms with van der Waals surface area (Å²) < 4.78 is 6.22. The molecule has 0 N–H and O–H groups in total. The van der Waals surface area contributed by atoms with Gasteiger partial charge in [0.2, 0.25) is 0 Å². The van der Waals surface area contributed by atoms with Gasteiger partial charge in [0.05, 0.1) is 6.10 Å². The minimum Gasteiger partial charge on any atom is -0.489 e. The van der Waals surface area contributed by atoms with Crippen LogP contribution in [0.4, 0.5) is 0 Å². The van der Waals surface area contributed by atoms with Crippen molar-refractivity contribution in [1.29, 1.82) is 0 Å². The zero-order valence-electron chi connectivity index (χ0n) is 9.24. The second-order valence-electron chi connectivity index (χ2n) is 3.99. The Labute approximate surface area is 103 Å². The van der Waals surface area contributed by atoms with Gasteiger partial charge in [-0.05, 0) is 34.8 Å². The first-order valence-electron chi connectivity index (χ1n) is 5.12. The van der Waals surface area contributed by atoms with Crippen LogP contribution in [0.3, 0.4) is 0 Å². The Hall–Kier alpha value is -1.10. The highest BCUT2D eigenvalue weighted by molar-refractivity contribution is 9.10. The van der Waals surface area contributed by atoms with Crippen LogP contribution < -0.4 is 4.74 Å². The number of rotatable bonds is 3. The molecule has 1 aliphatic carbocycles. The van der Waals surface area contributed by atoms with Crippen molar-refractivity contribution in [3.8, 4) is 5.75 Å². The predicted molar refractivity (Wildman–Crippen MR) is 63.6 cm³/mol. The summed E-state index contributed by atoms with van der Waals surface area (Å²) in [5.74, 6) is 0.513. The number of ether oxygens (including phenoxy) is 1. The minimum absolute atomic E-state index is 0.101. The summed E-state index contributed by atoms with van der Waals surface area (Å²) in [5, 5.41) is 0. The molecule has 1 saturated carbocycles. The molecule has 0 bridgehead atoms. The molecule has 0 aromatic carbocycles. The zero-order chi connectivity index (χ0) is 11.7. The molecule has 0 spiro atoms. The molecular formula is C11H13BrN2O2. The Morgan fingerprint density at radius 3 is 2.81 bits per heavy atom. The van der Waals surface area contributed by atoms with Crippen LogP contribution in [0.15, 0.2) is 16.9 Å². The first-order chi connectivity index (χ1) is 7.59. The Bertz CT molecular complexity index is 416. The molecule has 1 aromatic rings. The first kappa shape index (κ1) is 11.4. The van der Waals surface area contributed by atoms with Crippen LogP contribution in [-0.4, -0.2) is 36.0 Å². The summed E-state index contributed by atoms with van der Waals surface area (Å²) in [6.07, 6.45) is 4.03. The van der Waals surface area contributed by atoms with E-state index in [1.807, 2.05) is 0 Å². The molecular weight excluding hydrogens is 272 g/mol. The van der Waals surface area contributed by atoms with E-state index in [0.717, 1.165) is 12.8 Å². The van der Waals surface area contributed by atoms with E-state index in [2.05, 4.69) is 20.9 Å². The number of aromatic nitrogens is 1. The van der Waals surface area contributed by atoms with Crippen molar-refractivity contribution in [2.24, 2.45) is 0 Å². The van der Waals surface area contributed by atoms with Gasteiger partial charge in [-0.25, -0.2) is 4.98 Å². The standard InChI is InChI=1S/C11H13BrN2O2/c1-14(2)11(15)9-8(16-7-3-4-7)5-6-13-10(9)12/h5-7H,3-4H2,1-2H3. The molecule has 1 aromatic heterocycles. The Morgan fingerprint density at radius 1 is 1.56 bits per heavy atom. The molecule has 1 aliphatic rings. The molecule has 0 unspecified atom stereocenters. The van der Waals surface area contributed by atoms with Gasteiger partial charge >= 0.3 is 0 Å². The lowest BCUT2D eigenvalue weighted by molar-refractivity contribution is 0.0821. The molecule has 16 heavy (non-hydrogen) atoms. The highest BCUT2D eigenvalue weighted by Gasteiger charge is 2.27. The number of halogens is 1. The van der Waals surface area contributed by atoms with Crippen molar-refractivity contribution < 1.29 is 9.53 Å². The van der Waals surface area contributed by atoms with Gasteiger partial charge in [-0.3, -0.25) is 4.79 Å². The van der Waals surface area contributed by atoms with Crippen molar-refractivity contribution >= 4 is 21.8 Å². The van der Waals surface area contributed by atoms with Gasteiger partial charge in [0.15, 0.2) is 0 Å². The van der Waals surface area contributed by atoms with Crippen molar-refractivity contribution in [3.05, 3.63) is 22.4 Å². The maximum Gasteiger partial charge on any atom is 0.259 e. The number of amides is 1. The summed E-state index contributed by atoms with van der Waals surface area (Å²) in [6, 6.07) is 1.74. The van der Waals surface area contributed by atoms with Crippen molar-refractivity contribution in [1.82, 2.24) is 9.88 Å². The third-order valence-corrected chi connectivity index (χ3v) is 2.91. The normalized spacial score (nSPS) is 14.7. The van der Waals surface area contributed by atoms with Gasteiger partial charge in [0.25, 0.3) is 5.91 Å². The smallest absolute Gasteiger partial charge is 0.259 e. The average Bonchev–Trinajstić information content (AvgIpc) is 3.01. The summed E-state index contributed by atoms with van der Waals surface area (Å²) in [7, 11) is 3.42. The Balaban J connectivity index is 2.35. The van der Waals surface area contributed by atoms with E-state index in [1.165, 1.54) is 4.90 Å². The molecule has 0 atom stereocenters. The van der Waals surface area contributed by atoms with Crippen LogP contribution in [0.1, 0.15) is 23.2 Å². The lowest BCUT2D eigenvalue weighted by Crippen LogP contribution is -2.23. The molecule has 5 heteroatoms. The summed E-state index contributed by atoms with van der Waals surface area (Å²) in [4.78, 5) is 17.5. The average molecular weight is 285 g/mol. The van der Waals surface area contributed by atoms with Crippen LogP contribution in [0.5, 0.6) is 5.75 Å². The van der Waals surface area contributed by atoms with E-state index in [-0.39, 0.29) is 12.0 Å². The molecule has 1 fully saturated rings. The van der Waals surface area contributed by atoms with Gasteiger partial charge in [0.1, 0.15) is 15.9 Å². The fraction of sp³-hybridized carbons (Fsp3) is 0.455. The lowest BCUT2D eigenvalue weighted by atomic mass is 10.2. The quantitative estimate of drug-likeness (QED) is 0.799. The number of carbonyl (C=O) groups is 1. The van der Waals surface area contributed by atoms with Crippen molar-refractivity contribution in [2.45, 2.75) is 18.9 Å². The SMILES string of the molecule is CN(C)C(=O)c1c(OC2CC2)ccnc1Br. The van der Waals surface area contributed by atoms with Gasteiger partial charge in [0, 0.05) is 20.3 Å². The predicted octanol–water partition coefficient (Wildman–Crippen LogP) is 2.09. The molecule has 0 aliphatic heterocycles. The van der Waals surface area contributed by atoms with Gasteiger partial charge in [-0.2, -0.15) is 0 Å². The van der Waals surface area contributed by atoms with Crippen LogP contribution in [0, 0.1) is 0 Å². The number of carbonyl (C=O) groups excluding carboxylic acids is 1.